The van der Waals surface area contributed by atoms with E-state index in [0.29, 0.717) is 12.5 Å². The van der Waals surface area contributed by atoms with Gasteiger partial charge in [0.2, 0.25) is 5.91 Å². The second kappa shape index (κ2) is 8.07. The Morgan fingerprint density at radius 3 is 2.88 bits per heavy atom. The molecule has 4 heteroatoms. The Kier molecular flexibility index (Phi) is 7.05. The summed E-state index contributed by atoms with van der Waals surface area (Å²) in [6.07, 6.45) is 4.79. The summed E-state index contributed by atoms with van der Waals surface area (Å²) in [5, 5.41) is 4.02. The Morgan fingerprint density at radius 1 is 1.44 bits per heavy atom. The number of amides is 1. The van der Waals surface area contributed by atoms with Gasteiger partial charge < -0.3 is 10.1 Å². The molecule has 3 nitrogen and oxygen atoms in total. The van der Waals surface area contributed by atoms with E-state index in [0.717, 1.165) is 24.2 Å². The lowest BCUT2D eigenvalue weighted by atomic mass is 9.98. The summed E-state index contributed by atoms with van der Waals surface area (Å²) in [6.45, 7) is 3.72. The first-order chi connectivity index (χ1) is 7.77. The second-order valence-corrected chi connectivity index (χ2v) is 5.11. The van der Waals surface area contributed by atoms with Gasteiger partial charge in [-0.05, 0) is 31.1 Å². The van der Waals surface area contributed by atoms with Gasteiger partial charge in [0.05, 0.1) is 0 Å². The van der Waals surface area contributed by atoms with Gasteiger partial charge in [0.15, 0.2) is 0 Å². The zero-order valence-electron chi connectivity index (χ0n) is 10.0. The van der Waals surface area contributed by atoms with Gasteiger partial charge in [-0.15, -0.1) is 0 Å². The van der Waals surface area contributed by atoms with Gasteiger partial charge in [0.25, 0.3) is 0 Å². The predicted molar refractivity (Wildman–Crippen MR) is 68.7 cm³/mol. The van der Waals surface area contributed by atoms with Crippen LogP contribution in [0.4, 0.5) is 0 Å². The molecule has 1 N–H and O–H groups in total. The molecule has 0 aromatic heterocycles. The summed E-state index contributed by atoms with van der Waals surface area (Å²) in [6, 6.07) is 0. The first kappa shape index (κ1) is 14.0. The Labute approximate surface area is 106 Å². The van der Waals surface area contributed by atoms with Crippen molar-refractivity contribution in [2.24, 2.45) is 11.8 Å². The molecular formula is C12H22BrNO2. The van der Waals surface area contributed by atoms with Crippen molar-refractivity contribution < 1.29 is 9.53 Å². The quantitative estimate of drug-likeness (QED) is 0.578. The fraction of sp³-hybridized carbons (Fsp3) is 0.917. The van der Waals surface area contributed by atoms with Gasteiger partial charge in [-0.25, -0.2) is 0 Å². The highest BCUT2D eigenvalue weighted by molar-refractivity contribution is 9.09. The maximum Gasteiger partial charge on any atom is 0.246 e. The molecule has 1 amide bonds. The van der Waals surface area contributed by atoms with Crippen molar-refractivity contribution in [1.82, 2.24) is 5.32 Å². The average molecular weight is 292 g/mol. The highest BCUT2D eigenvalue weighted by Crippen LogP contribution is 2.32. The molecule has 16 heavy (non-hydrogen) atoms. The molecular weight excluding hydrogens is 270 g/mol. The summed E-state index contributed by atoms with van der Waals surface area (Å²) in [5.41, 5.74) is 0. The van der Waals surface area contributed by atoms with Crippen molar-refractivity contribution in [2.75, 3.05) is 25.1 Å². The Balaban J connectivity index is 2.11. The molecule has 0 heterocycles. The van der Waals surface area contributed by atoms with Crippen LogP contribution in [0.15, 0.2) is 0 Å². The summed E-state index contributed by atoms with van der Waals surface area (Å²) in [5.74, 6) is 1.40. The van der Waals surface area contributed by atoms with Gasteiger partial charge in [-0.3, -0.25) is 4.79 Å². The van der Waals surface area contributed by atoms with Crippen molar-refractivity contribution in [1.29, 1.82) is 0 Å². The standard InChI is InChI=1S/C12H22BrNO2/c1-2-6-16-9-12(15)14-8-11-5-3-4-10(11)7-13/h10-11H,2-9H2,1H3,(H,14,15). The van der Waals surface area contributed by atoms with Crippen molar-refractivity contribution >= 4 is 21.8 Å². The van der Waals surface area contributed by atoms with Crippen LogP contribution in [-0.4, -0.2) is 31.0 Å². The maximum absolute atomic E-state index is 11.4. The van der Waals surface area contributed by atoms with Crippen LogP contribution in [0.25, 0.3) is 0 Å². The summed E-state index contributed by atoms with van der Waals surface area (Å²) < 4.78 is 5.19. The average Bonchev–Trinajstić information content (AvgIpc) is 2.74. The Hall–Kier alpha value is -0.0900. The summed E-state index contributed by atoms with van der Waals surface area (Å²) >= 11 is 3.54. The second-order valence-electron chi connectivity index (χ2n) is 4.46. The van der Waals surface area contributed by atoms with E-state index < -0.39 is 0 Å². The number of hydrogen-bond donors (Lipinski definition) is 1. The number of ether oxygens (including phenoxy) is 1. The number of hydrogen-bond acceptors (Lipinski definition) is 2. The molecule has 1 aliphatic rings. The molecule has 94 valence electrons. The molecule has 0 radical (unpaired) electrons. The van der Waals surface area contributed by atoms with Crippen LogP contribution in [0, 0.1) is 11.8 Å². The molecule has 2 atom stereocenters. The highest BCUT2D eigenvalue weighted by atomic mass is 79.9. The molecule has 1 rings (SSSR count). The number of nitrogens with one attached hydrogen (secondary N) is 1. The van der Waals surface area contributed by atoms with E-state index in [9.17, 15) is 4.79 Å². The van der Waals surface area contributed by atoms with Crippen LogP contribution < -0.4 is 5.32 Å². The van der Waals surface area contributed by atoms with E-state index in [2.05, 4.69) is 21.2 Å². The lowest BCUT2D eigenvalue weighted by Gasteiger charge is -2.17. The molecule has 1 saturated carbocycles. The van der Waals surface area contributed by atoms with Crippen molar-refractivity contribution in [2.45, 2.75) is 32.6 Å². The van der Waals surface area contributed by atoms with E-state index in [1.807, 2.05) is 6.92 Å². The largest absolute Gasteiger partial charge is 0.372 e. The Morgan fingerprint density at radius 2 is 2.19 bits per heavy atom. The minimum atomic E-state index is 0.0219. The van der Waals surface area contributed by atoms with E-state index in [-0.39, 0.29) is 12.5 Å². The lowest BCUT2D eigenvalue weighted by molar-refractivity contribution is -0.125. The topological polar surface area (TPSA) is 38.3 Å². The van der Waals surface area contributed by atoms with Crippen LogP contribution in [0.2, 0.25) is 0 Å². The van der Waals surface area contributed by atoms with Gasteiger partial charge in [-0.2, -0.15) is 0 Å². The zero-order chi connectivity index (χ0) is 11.8. The van der Waals surface area contributed by atoms with Crippen molar-refractivity contribution in [3.8, 4) is 0 Å². The van der Waals surface area contributed by atoms with Crippen LogP contribution in [0.5, 0.6) is 0 Å². The third kappa shape index (κ3) is 4.83. The zero-order valence-corrected chi connectivity index (χ0v) is 11.6. The predicted octanol–water partition coefficient (Wildman–Crippen LogP) is 2.34. The Bertz CT molecular complexity index is 211. The van der Waals surface area contributed by atoms with Gasteiger partial charge in [0, 0.05) is 18.5 Å². The SMILES string of the molecule is CCCOCC(=O)NCC1CCCC1CBr. The molecule has 0 bridgehead atoms. The lowest BCUT2D eigenvalue weighted by Crippen LogP contribution is -2.33. The highest BCUT2D eigenvalue weighted by Gasteiger charge is 2.26. The molecule has 1 fully saturated rings. The molecule has 0 aromatic carbocycles. The van der Waals surface area contributed by atoms with E-state index in [1.54, 1.807) is 0 Å². The number of rotatable bonds is 7. The first-order valence-electron chi connectivity index (χ1n) is 6.18. The van der Waals surface area contributed by atoms with E-state index in [1.165, 1.54) is 19.3 Å². The fourth-order valence-electron chi connectivity index (χ4n) is 2.19. The molecule has 0 aliphatic heterocycles. The smallest absolute Gasteiger partial charge is 0.246 e. The van der Waals surface area contributed by atoms with Gasteiger partial charge >= 0.3 is 0 Å². The molecule has 0 aromatic rings. The fourth-order valence-corrected chi connectivity index (χ4v) is 3.04. The van der Waals surface area contributed by atoms with Crippen molar-refractivity contribution in [3.63, 3.8) is 0 Å². The first-order valence-corrected chi connectivity index (χ1v) is 7.30. The van der Waals surface area contributed by atoms with Gasteiger partial charge in [0.1, 0.15) is 6.61 Å². The van der Waals surface area contributed by atoms with Crippen LogP contribution >= 0.6 is 15.9 Å². The third-order valence-electron chi connectivity index (χ3n) is 3.16. The number of alkyl halides is 1. The third-order valence-corrected chi connectivity index (χ3v) is 3.99. The van der Waals surface area contributed by atoms with Gasteiger partial charge in [-0.1, -0.05) is 29.3 Å². The van der Waals surface area contributed by atoms with E-state index in [4.69, 9.17) is 4.74 Å². The minimum absolute atomic E-state index is 0.0219. The van der Waals surface area contributed by atoms with Crippen molar-refractivity contribution in [3.05, 3.63) is 0 Å². The van der Waals surface area contributed by atoms with Crippen LogP contribution in [-0.2, 0) is 9.53 Å². The molecule has 0 saturated heterocycles. The summed E-state index contributed by atoms with van der Waals surface area (Å²) in [7, 11) is 0. The minimum Gasteiger partial charge on any atom is -0.372 e. The molecule has 2 unspecified atom stereocenters. The van der Waals surface area contributed by atoms with E-state index >= 15 is 0 Å². The van der Waals surface area contributed by atoms with Crippen LogP contribution in [0.1, 0.15) is 32.6 Å². The number of carbonyl (C=O) groups excluding carboxylic acids is 1. The van der Waals surface area contributed by atoms with Crippen LogP contribution in [0.3, 0.4) is 0 Å². The number of carbonyl (C=O) groups is 1. The normalized spacial score (nSPS) is 24.6. The molecule has 1 aliphatic carbocycles. The maximum atomic E-state index is 11.4. The monoisotopic (exact) mass is 291 g/mol. The molecule has 0 spiro atoms. The summed E-state index contributed by atoms with van der Waals surface area (Å²) in [4.78, 5) is 11.4. The number of halogens is 1.